The third kappa shape index (κ3) is 4.11. The monoisotopic (exact) mass is 338 g/mol. The molecule has 0 aliphatic carbocycles. The molecule has 1 aromatic rings. The first-order chi connectivity index (χ1) is 9.56. The maximum atomic E-state index is 12.1. The van der Waals surface area contributed by atoms with Crippen LogP contribution in [-0.2, 0) is 14.8 Å². The van der Waals surface area contributed by atoms with Crippen molar-refractivity contribution in [2.75, 3.05) is 0 Å². The summed E-state index contributed by atoms with van der Waals surface area (Å²) >= 11 is 5.68. The topological polar surface area (TPSA) is 147 Å². The minimum Gasteiger partial charge on any atom is -0.480 e. The normalized spacial score (nSPS) is 14.4. The quantitative estimate of drug-likeness (QED) is 0.501. The van der Waals surface area contributed by atoms with Gasteiger partial charge in [0.1, 0.15) is 10.9 Å². The molecule has 0 aromatic heterocycles. The smallest absolute Gasteiger partial charge is 0.324 e. The van der Waals surface area contributed by atoms with Crippen LogP contribution in [0.15, 0.2) is 23.1 Å². The molecule has 0 bridgehead atoms. The van der Waals surface area contributed by atoms with Crippen LogP contribution in [0.25, 0.3) is 0 Å². The van der Waals surface area contributed by atoms with Crippen LogP contribution in [0.4, 0.5) is 5.69 Å². The Bertz CT molecular complexity index is 674. The number of hydrogen-bond donors (Lipinski definition) is 3. The van der Waals surface area contributed by atoms with Crippen LogP contribution in [0, 0.1) is 10.1 Å². The molecule has 2 atom stereocenters. The number of nitro groups is 1. The SMILES string of the molecule is C[C@@H](O)[C@H](NS(=O)(=O)c1cc([N+](=O)[O-])ccc1Cl)C(=O)O. The molecule has 116 valence electrons. The highest BCUT2D eigenvalue weighted by molar-refractivity contribution is 7.89. The zero-order valence-corrected chi connectivity index (χ0v) is 12.1. The van der Waals surface area contributed by atoms with Gasteiger partial charge in [-0.15, -0.1) is 0 Å². The lowest BCUT2D eigenvalue weighted by atomic mass is 10.2. The minimum atomic E-state index is -4.46. The summed E-state index contributed by atoms with van der Waals surface area (Å²) in [6, 6.07) is 0.897. The predicted octanol–water partition coefficient (Wildman–Crippen LogP) is 0.361. The fourth-order valence-corrected chi connectivity index (χ4v) is 3.18. The maximum absolute atomic E-state index is 12.1. The molecule has 3 N–H and O–H groups in total. The highest BCUT2D eigenvalue weighted by Gasteiger charge is 2.31. The van der Waals surface area contributed by atoms with Gasteiger partial charge in [-0.3, -0.25) is 14.9 Å². The Hall–Kier alpha value is -1.75. The summed E-state index contributed by atoms with van der Waals surface area (Å²) in [5.74, 6) is -1.60. The Kier molecular flexibility index (Phi) is 5.23. The molecular formula is C10H11ClN2O7S. The van der Waals surface area contributed by atoms with Crippen LogP contribution >= 0.6 is 11.6 Å². The summed E-state index contributed by atoms with van der Waals surface area (Å²) in [4.78, 5) is 20.1. The van der Waals surface area contributed by atoms with Gasteiger partial charge in [0, 0.05) is 12.1 Å². The van der Waals surface area contributed by atoms with Crippen LogP contribution in [-0.4, -0.2) is 41.7 Å². The van der Waals surface area contributed by atoms with Crippen molar-refractivity contribution in [2.45, 2.75) is 24.0 Å². The van der Waals surface area contributed by atoms with E-state index in [1.807, 2.05) is 0 Å². The van der Waals surface area contributed by atoms with E-state index in [0.29, 0.717) is 6.07 Å². The molecule has 0 radical (unpaired) electrons. The lowest BCUT2D eigenvalue weighted by Crippen LogP contribution is -2.47. The molecule has 0 aliphatic heterocycles. The molecule has 11 heteroatoms. The maximum Gasteiger partial charge on any atom is 0.324 e. The summed E-state index contributed by atoms with van der Waals surface area (Å²) in [5, 5.41) is 28.4. The Morgan fingerprint density at radius 2 is 2.05 bits per heavy atom. The van der Waals surface area contributed by atoms with E-state index in [1.165, 1.54) is 0 Å². The van der Waals surface area contributed by atoms with E-state index < -0.39 is 43.6 Å². The van der Waals surface area contributed by atoms with Crippen LogP contribution in [0.5, 0.6) is 0 Å². The third-order valence-corrected chi connectivity index (χ3v) is 4.37. The highest BCUT2D eigenvalue weighted by Crippen LogP contribution is 2.26. The van der Waals surface area contributed by atoms with Crippen molar-refractivity contribution >= 4 is 33.3 Å². The van der Waals surface area contributed by atoms with Crippen molar-refractivity contribution in [3.63, 3.8) is 0 Å². The second kappa shape index (κ2) is 6.35. The van der Waals surface area contributed by atoms with E-state index in [-0.39, 0.29) is 5.02 Å². The second-order valence-corrected chi connectivity index (χ2v) is 6.14. The van der Waals surface area contributed by atoms with Gasteiger partial charge in [0.25, 0.3) is 5.69 Å². The van der Waals surface area contributed by atoms with Gasteiger partial charge in [-0.2, -0.15) is 4.72 Å². The zero-order chi connectivity index (χ0) is 16.4. The summed E-state index contributed by atoms with van der Waals surface area (Å²) in [5.41, 5.74) is -0.524. The number of non-ortho nitro benzene ring substituents is 1. The van der Waals surface area contributed by atoms with Crippen molar-refractivity contribution in [3.05, 3.63) is 33.3 Å². The Balaban J connectivity index is 3.27. The highest BCUT2D eigenvalue weighted by atomic mass is 35.5. The van der Waals surface area contributed by atoms with Gasteiger partial charge in [0.05, 0.1) is 16.0 Å². The number of benzene rings is 1. The molecule has 0 aliphatic rings. The number of carboxylic acid groups (broad SMARTS) is 1. The molecule has 0 unspecified atom stereocenters. The number of nitrogens with one attached hydrogen (secondary N) is 1. The van der Waals surface area contributed by atoms with Crippen molar-refractivity contribution in [3.8, 4) is 0 Å². The molecule has 0 heterocycles. The van der Waals surface area contributed by atoms with Crippen molar-refractivity contribution in [2.24, 2.45) is 0 Å². The van der Waals surface area contributed by atoms with Crippen LogP contribution in [0.1, 0.15) is 6.92 Å². The van der Waals surface area contributed by atoms with Crippen molar-refractivity contribution < 1.29 is 28.3 Å². The van der Waals surface area contributed by atoms with E-state index in [0.717, 1.165) is 19.1 Å². The summed E-state index contributed by atoms with van der Waals surface area (Å²) in [6.45, 7) is 1.08. The standard InChI is InChI=1S/C10H11ClN2O7S/c1-5(14)9(10(15)16)12-21(19,20)8-4-6(13(17)18)2-3-7(8)11/h2-5,9,12,14H,1H3,(H,15,16)/t5-,9+/m1/s1. The first-order valence-corrected chi connectivity index (χ1v) is 7.29. The largest absolute Gasteiger partial charge is 0.480 e. The van der Waals surface area contributed by atoms with E-state index >= 15 is 0 Å². The number of nitrogens with zero attached hydrogens (tertiary/aromatic N) is 1. The molecule has 0 fully saturated rings. The fraction of sp³-hybridized carbons (Fsp3) is 0.300. The van der Waals surface area contributed by atoms with E-state index in [2.05, 4.69) is 0 Å². The Morgan fingerprint density at radius 3 is 2.48 bits per heavy atom. The van der Waals surface area contributed by atoms with Gasteiger partial charge in [0.2, 0.25) is 10.0 Å². The number of carboxylic acids is 1. The van der Waals surface area contributed by atoms with Crippen LogP contribution < -0.4 is 4.72 Å². The van der Waals surface area contributed by atoms with Gasteiger partial charge in [-0.05, 0) is 13.0 Å². The zero-order valence-electron chi connectivity index (χ0n) is 10.6. The number of hydrogen-bond acceptors (Lipinski definition) is 6. The van der Waals surface area contributed by atoms with Gasteiger partial charge in [-0.25, -0.2) is 8.42 Å². The van der Waals surface area contributed by atoms with Gasteiger partial charge in [0.15, 0.2) is 0 Å². The van der Waals surface area contributed by atoms with E-state index in [9.17, 15) is 28.4 Å². The number of aliphatic hydroxyl groups is 1. The number of aliphatic hydroxyl groups excluding tert-OH is 1. The minimum absolute atomic E-state index is 0.317. The third-order valence-electron chi connectivity index (χ3n) is 2.45. The lowest BCUT2D eigenvalue weighted by Gasteiger charge is -2.17. The van der Waals surface area contributed by atoms with E-state index in [1.54, 1.807) is 4.72 Å². The predicted molar refractivity (Wildman–Crippen MR) is 71.5 cm³/mol. The number of nitro benzene ring substituents is 1. The summed E-state index contributed by atoms with van der Waals surface area (Å²) < 4.78 is 25.8. The van der Waals surface area contributed by atoms with Gasteiger partial charge < -0.3 is 10.2 Å². The second-order valence-electron chi connectivity index (χ2n) is 4.05. The molecule has 21 heavy (non-hydrogen) atoms. The lowest BCUT2D eigenvalue weighted by molar-refractivity contribution is -0.385. The average molecular weight is 339 g/mol. The van der Waals surface area contributed by atoms with Crippen LogP contribution in [0.3, 0.4) is 0 Å². The van der Waals surface area contributed by atoms with Gasteiger partial charge >= 0.3 is 5.97 Å². The fourth-order valence-electron chi connectivity index (χ4n) is 1.40. The first kappa shape index (κ1) is 17.3. The Labute approximate surface area is 124 Å². The van der Waals surface area contributed by atoms with Crippen molar-refractivity contribution in [1.82, 2.24) is 4.72 Å². The van der Waals surface area contributed by atoms with Crippen LogP contribution in [0.2, 0.25) is 5.02 Å². The molecule has 1 aromatic carbocycles. The Morgan fingerprint density at radius 1 is 1.48 bits per heavy atom. The number of aliphatic carboxylic acids is 1. The molecule has 0 saturated carbocycles. The number of rotatable bonds is 6. The number of carbonyl (C=O) groups is 1. The molecule has 9 nitrogen and oxygen atoms in total. The van der Waals surface area contributed by atoms with E-state index in [4.69, 9.17) is 16.7 Å². The molecule has 0 saturated heterocycles. The molecule has 0 amide bonds. The molecule has 0 spiro atoms. The van der Waals surface area contributed by atoms with Gasteiger partial charge in [-0.1, -0.05) is 11.6 Å². The molecular weight excluding hydrogens is 328 g/mol. The average Bonchev–Trinajstić information content (AvgIpc) is 2.35. The summed E-state index contributed by atoms with van der Waals surface area (Å²) in [6.07, 6.45) is -1.52. The molecule has 1 rings (SSSR count). The number of sulfonamides is 1. The number of halogens is 1. The summed E-state index contributed by atoms with van der Waals surface area (Å²) in [7, 11) is -4.46. The van der Waals surface area contributed by atoms with Crippen molar-refractivity contribution in [1.29, 1.82) is 0 Å². The first-order valence-electron chi connectivity index (χ1n) is 5.43.